The number of carbonyl (C=O) groups is 1. The van der Waals surface area contributed by atoms with Crippen LogP contribution in [0.3, 0.4) is 0 Å². The van der Waals surface area contributed by atoms with Crippen LogP contribution in [0.4, 0.5) is 0 Å². The molecule has 17 heavy (non-hydrogen) atoms. The Morgan fingerprint density at radius 3 is 2.76 bits per heavy atom. The highest BCUT2D eigenvalue weighted by molar-refractivity contribution is 6.32. The summed E-state index contributed by atoms with van der Waals surface area (Å²) in [6.45, 7) is 1.91. The van der Waals surface area contributed by atoms with E-state index in [0.29, 0.717) is 10.8 Å². The second kappa shape index (κ2) is 4.97. The first kappa shape index (κ1) is 11.6. The molecular formula is C13H10ClNO2. The van der Waals surface area contributed by atoms with Gasteiger partial charge in [-0.3, -0.25) is 0 Å². The quantitative estimate of drug-likeness (QED) is 0.604. The van der Waals surface area contributed by atoms with Gasteiger partial charge in [-0.2, -0.15) is 0 Å². The molecular weight excluding hydrogens is 238 g/mol. The maximum Gasteiger partial charge on any atom is 0.362 e. The summed E-state index contributed by atoms with van der Waals surface area (Å²) in [5.74, 6) is -0.177. The Kier molecular flexibility index (Phi) is 3.40. The molecule has 3 nitrogen and oxygen atoms in total. The zero-order valence-electron chi connectivity index (χ0n) is 9.18. The standard InChI is InChI=1S/C13H10ClNO2/c1-9-5-6-12(10(14)8-9)17-13(16)11-4-2-3-7-15-11/h2-8H,1H3. The average molecular weight is 248 g/mol. The molecule has 86 valence electrons. The molecule has 1 aromatic carbocycles. The topological polar surface area (TPSA) is 39.2 Å². The lowest BCUT2D eigenvalue weighted by molar-refractivity contribution is 0.0728. The lowest BCUT2D eigenvalue weighted by Gasteiger charge is -2.06. The third-order valence-corrected chi connectivity index (χ3v) is 2.46. The van der Waals surface area contributed by atoms with Crippen LogP contribution in [0.5, 0.6) is 5.75 Å². The number of hydrogen-bond acceptors (Lipinski definition) is 3. The van der Waals surface area contributed by atoms with Crippen LogP contribution in [-0.4, -0.2) is 11.0 Å². The molecule has 0 radical (unpaired) electrons. The number of pyridine rings is 1. The third-order valence-electron chi connectivity index (χ3n) is 2.16. The largest absolute Gasteiger partial charge is 0.420 e. The molecule has 0 fully saturated rings. The maximum atomic E-state index is 11.7. The van der Waals surface area contributed by atoms with Gasteiger partial charge < -0.3 is 4.74 Å². The SMILES string of the molecule is Cc1ccc(OC(=O)c2ccccn2)c(Cl)c1. The van der Waals surface area contributed by atoms with Gasteiger partial charge in [0.15, 0.2) is 0 Å². The van der Waals surface area contributed by atoms with E-state index in [1.165, 1.54) is 6.20 Å². The highest BCUT2D eigenvalue weighted by atomic mass is 35.5. The predicted molar refractivity (Wildman–Crippen MR) is 65.4 cm³/mol. The Morgan fingerprint density at radius 1 is 1.29 bits per heavy atom. The molecule has 0 unspecified atom stereocenters. The molecule has 0 amide bonds. The second-order valence-electron chi connectivity index (χ2n) is 3.54. The summed E-state index contributed by atoms with van der Waals surface area (Å²) in [6.07, 6.45) is 1.54. The highest BCUT2D eigenvalue weighted by Crippen LogP contribution is 2.25. The summed E-state index contributed by atoms with van der Waals surface area (Å²) in [5.41, 5.74) is 1.26. The lowest BCUT2D eigenvalue weighted by Crippen LogP contribution is -2.10. The van der Waals surface area contributed by atoms with Gasteiger partial charge in [0.1, 0.15) is 11.4 Å². The van der Waals surface area contributed by atoms with Crippen LogP contribution in [0.1, 0.15) is 16.1 Å². The average Bonchev–Trinajstić information content (AvgIpc) is 2.34. The fraction of sp³-hybridized carbons (Fsp3) is 0.0769. The Hall–Kier alpha value is -1.87. The van der Waals surface area contributed by atoms with Crippen LogP contribution < -0.4 is 4.74 Å². The van der Waals surface area contributed by atoms with Crippen LogP contribution in [0.2, 0.25) is 5.02 Å². The minimum absolute atomic E-state index is 0.254. The molecule has 4 heteroatoms. The van der Waals surface area contributed by atoms with Crippen LogP contribution in [0.15, 0.2) is 42.6 Å². The first-order valence-electron chi connectivity index (χ1n) is 5.06. The number of benzene rings is 1. The van der Waals surface area contributed by atoms with Crippen LogP contribution >= 0.6 is 11.6 Å². The van der Waals surface area contributed by atoms with Gasteiger partial charge in [0.2, 0.25) is 0 Å². The maximum absolute atomic E-state index is 11.7. The fourth-order valence-electron chi connectivity index (χ4n) is 1.32. The number of halogens is 1. The van der Waals surface area contributed by atoms with E-state index in [1.807, 2.05) is 13.0 Å². The molecule has 1 heterocycles. The van der Waals surface area contributed by atoms with Crippen molar-refractivity contribution in [1.29, 1.82) is 0 Å². The minimum atomic E-state index is -0.517. The molecule has 2 aromatic rings. The fourth-order valence-corrected chi connectivity index (χ4v) is 1.60. The first-order valence-corrected chi connectivity index (χ1v) is 5.44. The Morgan fingerprint density at radius 2 is 2.12 bits per heavy atom. The molecule has 0 aliphatic carbocycles. The number of esters is 1. The molecule has 0 saturated carbocycles. The number of aromatic nitrogens is 1. The predicted octanol–water partition coefficient (Wildman–Crippen LogP) is 3.26. The van der Waals surface area contributed by atoms with Crippen molar-refractivity contribution in [3.63, 3.8) is 0 Å². The van der Waals surface area contributed by atoms with E-state index in [-0.39, 0.29) is 5.69 Å². The number of hydrogen-bond donors (Lipinski definition) is 0. The minimum Gasteiger partial charge on any atom is -0.420 e. The van der Waals surface area contributed by atoms with Crippen molar-refractivity contribution in [2.75, 3.05) is 0 Å². The van der Waals surface area contributed by atoms with Crippen molar-refractivity contribution < 1.29 is 9.53 Å². The third kappa shape index (κ3) is 2.82. The number of ether oxygens (including phenoxy) is 1. The van der Waals surface area contributed by atoms with E-state index < -0.39 is 5.97 Å². The Bertz CT molecular complexity index is 540. The second-order valence-corrected chi connectivity index (χ2v) is 3.95. The molecule has 0 aliphatic rings. The van der Waals surface area contributed by atoms with Crippen LogP contribution in [-0.2, 0) is 0 Å². The van der Waals surface area contributed by atoms with E-state index in [1.54, 1.807) is 30.3 Å². The van der Waals surface area contributed by atoms with Gasteiger partial charge in [-0.25, -0.2) is 9.78 Å². The summed E-state index contributed by atoms with van der Waals surface area (Å²) in [6, 6.07) is 10.3. The van der Waals surface area contributed by atoms with Crippen molar-refractivity contribution >= 4 is 17.6 Å². The van der Waals surface area contributed by atoms with Gasteiger partial charge in [-0.05, 0) is 36.8 Å². The molecule has 1 aromatic heterocycles. The van der Waals surface area contributed by atoms with Crippen LogP contribution in [0.25, 0.3) is 0 Å². The normalized spacial score (nSPS) is 10.0. The number of nitrogens with zero attached hydrogens (tertiary/aromatic N) is 1. The van der Waals surface area contributed by atoms with Crippen molar-refractivity contribution in [1.82, 2.24) is 4.98 Å². The zero-order valence-corrected chi connectivity index (χ0v) is 9.94. The van der Waals surface area contributed by atoms with E-state index in [0.717, 1.165) is 5.56 Å². The Balaban J connectivity index is 2.19. The monoisotopic (exact) mass is 247 g/mol. The van der Waals surface area contributed by atoms with E-state index in [2.05, 4.69) is 4.98 Å². The lowest BCUT2D eigenvalue weighted by atomic mass is 10.2. The van der Waals surface area contributed by atoms with E-state index in [9.17, 15) is 4.79 Å². The van der Waals surface area contributed by atoms with Crippen molar-refractivity contribution in [3.8, 4) is 5.75 Å². The van der Waals surface area contributed by atoms with Crippen molar-refractivity contribution in [2.24, 2.45) is 0 Å². The molecule has 0 atom stereocenters. The first-order chi connectivity index (χ1) is 8.16. The number of aryl methyl sites for hydroxylation is 1. The van der Waals surface area contributed by atoms with Crippen molar-refractivity contribution in [2.45, 2.75) is 6.92 Å². The Labute approximate surface area is 104 Å². The molecule has 0 aliphatic heterocycles. The number of carbonyl (C=O) groups excluding carboxylic acids is 1. The summed E-state index contributed by atoms with van der Waals surface area (Å²) < 4.78 is 5.15. The van der Waals surface area contributed by atoms with Gasteiger partial charge in [0.25, 0.3) is 0 Å². The van der Waals surface area contributed by atoms with Gasteiger partial charge in [0, 0.05) is 6.20 Å². The summed E-state index contributed by atoms with van der Waals surface area (Å²) in [7, 11) is 0. The van der Waals surface area contributed by atoms with E-state index >= 15 is 0 Å². The molecule has 0 N–H and O–H groups in total. The smallest absolute Gasteiger partial charge is 0.362 e. The molecule has 0 saturated heterocycles. The zero-order chi connectivity index (χ0) is 12.3. The van der Waals surface area contributed by atoms with Gasteiger partial charge in [-0.15, -0.1) is 0 Å². The van der Waals surface area contributed by atoms with Gasteiger partial charge >= 0.3 is 5.97 Å². The molecule has 0 bridgehead atoms. The molecule has 2 rings (SSSR count). The summed E-state index contributed by atoms with van der Waals surface area (Å²) in [4.78, 5) is 15.6. The highest BCUT2D eigenvalue weighted by Gasteiger charge is 2.11. The summed E-state index contributed by atoms with van der Waals surface area (Å²) in [5, 5.41) is 0.411. The number of rotatable bonds is 2. The van der Waals surface area contributed by atoms with Crippen molar-refractivity contribution in [3.05, 3.63) is 58.9 Å². The summed E-state index contributed by atoms with van der Waals surface area (Å²) >= 11 is 5.96. The van der Waals surface area contributed by atoms with Gasteiger partial charge in [0.05, 0.1) is 5.02 Å². The van der Waals surface area contributed by atoms with Crippen LogP contribution in [0, 0.1) is 6.92 Å². The van der Waals surface area contributed by atoms with Gasteiger partial charge in [-0.1, -0.05) is 23.7 Å². The van der Waals surface area contributed by atoms with E-state index in [4.69, 9.17) is 16.3 Å². The molecule has 0 spiro atoms.